The van der Waals surface area contributed by atoms with E-state index in [9.17, 15) is 14.0 Å². The lowest BCUT2D eigenvalue weighted by Gasteiger charge is -2.16. The molecule has 0 aromatic carbocycles. The van der Waals surface area contributed by atoms with E-state index in [4.69, 9.17) is 11.5 Å². The van der Waals surface area contributed by atoms with E-state index in [2.05, 4.69) is 11.6 Å². The summed E-state index contributed by atoms with van der Waals surface area (Å²) in [4.78, 5) is 27.9. The second kappa shape index (κ2) is 7.25. The molecule has 2 heterocycles. The van der Waals surface area contributed by atoms with Crippen molar-refractivity contribution < 1.29 is 14.0 Å². The van der Waals surface area contributed by atoms with Gasteiger partial charge in [0.25, 0.3) is 5.91 Å². The van der Waals surface area contributed by atoms with Gasteiger partial charge < -0.3 is 16.0 Å². The molecule has 0 spiro atoms. The van der Waals surface area contributed by atoms with Crippen LogP contribution in [0.4, 0.5) is 4.39 Å². The zero-order valence-electron chi connectivity index (χ0n) is 13.6. The van der Waals surface area contributed by atoms with Crippen molar-refractivity contribution in [2.24, 2.45) is 16.5 Å². The lowest BCUT2D eigenvalue weighted by molar-refractivity contribution is -0.118. The quantitative estimate of drug-likeness (QED) is 0.502. The summed E-state index contributed by atoms with van der Waals surface area (Å²) >= 11 is 0. The van der Waals surface area contributed by atoms with Crippen LogP contribution in [-0.4, -0.2) is 22.2 Å². The predicted octanol–water partition coefficient (Wildman–Crippen LogP) is 2.08. The van der Waals surface area contributed by atoms with Crippen LogP contribution in [0.25, 0.3) is 5.57 Å². The van der Waals surface area contributed by atoms with Crippen LogP contribution in [0.3, 0.4) is 0 Å². The van der Waals surface area contributed by atoms with Gasteiger partial charge in [0.15, 0.2) is 5.96 Å². The highest BCUT2D eigenvalue weighted by molar-refractivity contribution is 6.02. The number of allylic oxidation sites excluding steroid dienone is 3. The molecule has 0 aliphatic carbocycles. The van der Waals surface area contributed by atoms with E-state index in [0.29, 0.717) is 29.8 Å². The summed E-state index contributed by atoms with van der Waals surface area (Å²) in [5, 5.41) is 0. The molecule has 0 radical (unpaired) electrons. The minimum Gasteiger partial charge on any atom is -0.370 e. The summed E-state index contributed by atoms with van der Waals surface area (Å²) < 4.78 is 15.7. The van der Waals surface area contributed by atoms with Gasteiger partial charge in [-0.15, -0.1) is 0 Å². The van der Waals surface area contributed by atoms with Gasteiger partial charge in [-0.25, -0.2) is 4.39 Å². The Kier molecular flexibility index (Phi) is 5.33. The maximum atomic E-state index is 14.0. The first-order chi connectivity index (χ1) is 11.3. The highest BCUT2D eigenvalue weighted by Gasteiger charge is 2.24. The first-order valence-electron chi connectivity index (χ1n) is 7.72. The molecule has 128 valence electrons. The molecule has 0 bridgehead atoms. The average Bonchev–Trinajstić information content (AvgIpc) is 2.85. The number of Topliss-reactive ketones (excluding diaryl/α,β-unsaturated/α-hetero) is 1. The summed E-state index contributed by atoms with van der Waals surface area (Å²) in [5.41, 5.74) is 12.3. The molecule has 1 aliphatic heterocycles. The van der Waals surface area contributed by atoms with Crippen molar-refractivity contribution in [3.8, 4) is 0 Å². The SMILES string of the molecule is C=C/C(F)=C(/C)c1cc(C(=O)N=C(N)N)n2c1CC(=O)CCCC2. The van der Waals surface area contributed by atoms with E-state index in [1.807, 2.05) is 0 Å². The Labute approximate surface area is 139 Å². The lowest BCUT2D eigenvalue weighted by Crippen LogP contribution is -2.25. The Morgan fingerprint density at radius 2 is 2.12 bits per heavy atom. The molecule has 0 fully saturated rings. The monoisotopic (exact) mass is 332 g/mol. The van der Waals surface area contributed by atoms with E-state index in [1.54, 1.807) is 17.6 Å². The van der Waals surface area contributed by atoms with Crippen molar-refractivity contribution in [3.05, 3.63) is 41.5 Å². The Morgan fingerprint density at radius 3 is 2.75 bits per heavy atom. The number of hydrogen-bond donors (Lipinski definition) is 2. The summed E-state index contributed by atoms with van der Waals surface area (Å²) in [7, 11) is 0. The molecule has 2 rings (SSSR count). The predicted molar refractivity (Wildman–Crippen MR) is 91.0 cm³/mol. The fraction of sp³-hybridized carbons (Fsp3) is 0.353. The number of rotatable bonds is 3. The second-order valence-electron chi connectivity index (χ2n) is 5.73. The van der Waals surface area contributed by atoms with E-state index >= 15 is 0 Å². The minimum absolute atomic E-state index is 0.0583. The van der Waals surface area contributed by atoms with Gasteiger partial charge in [0, 0.05) is 30.6 Å². The summed E-state index contributed by atoms with van der Waals surface area (Å²) in [6.45, 7) is 5.56. The molecule has 0 saturated carbocycles. The molecule has 1 aromatic rings. The van der Waals surface area contributed by atoms with E-state index in [-0.39, 0.29) is 23.9 Å². The molecule has 24 heavy (non-hydrogen) atoms. The largest absolute Gasteiger partial charge is 0.370 e. The third kappa shape index (κ3) is 3.61. The maximum absolute atomic E-state index is 14.0. The van der Waals surface area contributed by atoms with Crippen molar-refractivity contribution in [1.82, 2.24) is 4.57 Å². The van der Waals surface area contributed by atoms with Crippen molar-refractivity contribution in [2.45, 2.75) is 39.2 Å². The number of fused-ring (bicyclic) bond motifs is 1. The van der Waals surface area contributed by atoms with Crippen LogP contribution in [0.15, 0.2) is 29.5 Å². The topological polar surface area (TPSA) is 103 Å². The zero-order chi connectivity index (χ0) is 17.9. The molecular formula is C17H21FN4O2. The van der Waals surface area contributed by atoms with Crippen molar-refractivity contribution >= 4 is 23.2 Å². The number of hydrogen-bond acceptors (Lipinski definition) is 2. The van der Waals surface area contributed by atoms with E-state index < -0.39 is 11.7 Å². The van der Waals surface area contributed by atoms with Gasteiger partial charge in [0.1, 0.15) is 17.3 Å². The second-order valence-corrected chi connectivity index (χ2v) is 5.73. The lowest BCUT2D eigenvalue weighted by atomic mass is 10.0. The van der Waals surface area contributed by atoms with E-state index in [0.717, 1.165) is 18.9 Å². The van der Waals surface area contributed by atoms with Crippen LogP contribution >= 0.6 is 0 Å². The molecule has 4 N–H and O–H groups in total. The third-order valence-corrected chi connectivity index (χ3v) is 4.05. The molecule has 0 atom stereocenters. The van der Waals surface area contributed by atoms with Crippen molar-refractivity contribution in [2.75, 3.05) is 0 Å². The Morgan fingerprint density at radius 1 is 1.42 bits per heavy atom. The van der Waals surface area contributed by atoms with Gasteiger partial charge in [0.2, 0.25) is 0 Å². The Hall–Kier alpha value is -2.70. The van der Waals surface area contributed by atoms with Crippen LogP contribution in [-0.2, 0) is 17.8 Å². The number of aromatic nitrogens is 1. The number of halogens is 1. The minimum atomic E-state index is -0.609. The molecule has 0 saturated heterocycles. The van der Waals surface area contributed by atoms with Gasteiger partial charge in [-0.1, -0.05) is 6.58 Å². The number of carbonyl (C=O) groups excluding carboxylic acids is 2. The Bertz CT molecular complexity index is 755. The van der Waals surface area contributed by atoms with Crippen LogP contribution < -0.4 is 11.5 Å². The number of ketones is 1. The summed E-state index contributed by atoms with van der Waals surface area (Å²) in [5.74, 6) is -1.40. The first-order valence-corrected chi connectivity index (χ1v) is 7.72. The Balaban J connectivity index is 2.68. The van der Waals surface area contributed by atoms with Gasteiger partial charge in [-0.05, 0) is 37.5 Å². The number of nitrogens with zero attached hydrogens (tertiary/aromatic N) is 2. The number of amides is 1. The smallest absolute Gasteiger partial charge is 0.296 e. The number of carbonyl (C=O) groups is 2. The number of guanidine groups is 1. The molecule has 0 unspecified atom stereocenters. The molecule has 7 heteroatoms. The van der Waals surface area contributed by atoms with Crippen LogP contribution in [0.2, 0.25) is 0 Å². The standard InChI is InChI=1S/C17H21FN4O2/c1-3-13(18)10(2)12-9-15(16(24)21-17(19)20)22-7-5-4-6-11(23)8-14(12)22/h3,9H,1,4-8H2,2H3,(H4,19,20,21,24)/b13-10+. The van der Waals surface area contributed by atoms with Crippen LogP contribution in [0, 0.1) is 0 Å². The molecular weight excluding hydrogens is 311 g/mol. The average molecular weight is 332 g/mol. The van der Waals surface area contributed by atoms with E-state index in [1.165, 1.54) is 0 Å². The third-order valence-electron chi connectivity index (χ3n) is 4.05. The molecule has 6 nitrogen and oxygen atoms in total. The van der Waals surface area contributed by atoms with Crippen molar-refractivity contribution in [1.29, 1.82) is 0 Å². The van der Waals surface area contributed by atoms with Gasteiger partial charge in [0.05, 0.1) is 0 Å². The van der Waals surface area contributed by atoms with Crippen molar-refractivity contribution in [3.63, 3.8) is 0 Å². The normalized spacial score (nSPS) is 15.7. The number of aliphatic imine (C=N–C) groups is 1. The van der Waals surface area contributed by atoms with Gasteiger partial charge in [-0.3, -0.25) is 9.59 Å². The van der Waals surface area contributed by atoms with Crippen LogP contribution in [0.5, 0.6) is 0 Å². The fourth-order valence-electron chi connectivity index (χ4n) is 2.86. The van der Waals surface area contributed by atoms with Gasteiger partial charge in [-0.2, -0.15) is 4.99 Å². The first kappa shape index (κ1) is 17.7. The van der Waals surface area contributed by atoms with Crippen LogP contribution in [0.1, 0.15) is 47.9 Å². The maximum Gasteiger partial charge on any atom is 0.296 e. The number of nitrogens with two attached hydrogens (primary N) is 2. The highest BCUT2D eigenvalue weighted by atomic mass is 19.1. The molecule has 1 amide bonds. The fourth-order valence-corrected chi connectivity index (χ4v) is 2.86. The molecule has 1 aliphatic rings. The summed E-state index contributed by atoms with van der Waals surface area (Å²) in [6, 6.07) is 1.54. The highest BCUT2D eigenvalue weighted by Crippen LogP contribution is 2.30. The summed E-state index contributed by atoms with van der Waals surface area (Å²) in [6.07, 6.45) is 3.21. The molecule has 1 aromatic heterocycles. The zero-order valence-corrected chi connectivity index (χ0v) is 13.6. The van der Waals surface area contributed by atoms with Gasteiger partial charge >= 0.3 is 0 Å².